The van der Waals surface area contributed by atoms with Gasteiger partial charge in [0.05, 0.1) is 13.3 Å². The summed E-state index contributed by atoms with van der Waals surface area (Å²) in [4.78, 5) is 18.5. The Bertz CT molecular complexity index is 610. The van der Waals surface area contributed by atoms with Crippen LogP contribution in [-0.4, -0.2) is 32.8 Å². The highest BCUT2D eigenvalue weighted by Gasteiger charge is 2.16. The number of primary amides is 1. The molecule has 94 valence electrons. The van der Waals surface area contributed by atoms with Gasteiger partial charge in [0.15, 0.2) is 5.82 Å². The molecule has 0 fully saturated rings. The van der Waals surface area contributed by atoms with Gasteiger partial charge in [-0.25, -0.2) is 9.37 Å². The van der Waals surface area contributed by atoms with E-state index in [1.165, 1.54) is 24.9 Å². The van der Waals surface area contributed by atoms with Crippen molar-refractivity contribution in [3.63, 3.8) is 0 Å². The highest BCUT2D eigenvalue weighted by Crippen LogP contribution is 2.21. The first-order chi connectivity index (χ1) is 8.52. The van der Waals surface area contributed by atoms with E-state index in [4.69, 9.17) is 10.5 Å². The summed E-state index contributed by atoms with van der Waals surface area (Å²) < 4.78 is 19.6. The van der Waals surface area contributed by atoms with Crippen molar-refractivity contribution in [3.8, 4) is 17.4 Å². The van der Waals surface area contributed by atoms with Crippen LogP contribution in [0.2, 0.25) is 0 Å². The average Bonchev–Trinajstić information content (AvgIpc) is 2.72. The van der Waals surface area contributed by atoms with Crippen molar-refractivity contribution in [2.75, 3.05) is 7.11 Å². The van der Waals surface area contributed by atoms with E-state index in [1.54, 1.807) is 0 Å². The molecule has 2 heterocycles. The fourth-order valence-electron chi connectivity index (χ4n) is 1.44. The summed E-state index contributed by atoms with van der Waals surface area (Å²) in [5.41, 5.74) is 5.44. The molecule has 1 amide bonds. The number of nitrogens with zero attached hydrogens (tertiary/aromatic N) is 4. The van der Waals surface area contributed by atoms with Crippen molar-refractivity contribution in [2.45, 2.75) is 0 Å². The molecule has 0 saturated carbocycles. The number of ether oxygens (including phenoxy) is 1. The molecule has 0 atom stereocenters. The van der Waals surface area contributed by atoms with E-state index in [9.17, 15) is 9.18 Å². The number of amides is 1. The zero-order valence-electron chi connectivity index (χ0n) is 9.72. The first kappa shape index (κ1) is 12.0. The maximum atomic E-state index is 13.6. The molecule has 0 aliphatic carbocycles. The third-order valence-corrected chi connectivity index (χ3v) is 2.28. The Morgan fingerprint density at radius 3 is 2.83 bits per heavy atom. The lowest BCUT2D eigenvalue weighted by atomic mass is 10.2. The number of aryl methyl sites for hydroxylation is 1. The normalized spacial score (nSPS) is 10.4. The quantitative estimate of drug-likeness (QED) is 0.836. The van der Waals surface area contributed by atoms with Crippen molar-refractivity contribution >= 4 is 5.91 Å². The van der Waals surface area contributed by atoms with E-state index in [2.05, 4.69) is 15.1 Å². The molecule has 0 bridgehead atoms. The van der Waals surface area contributed by atoms with Crippen LogP contribution in [0.25, 0.3) is 11.4 Å². The van der Waals surface area contributed by atoms with E-state index in [1.807, 2.05) is 0 Å². The minimum atomic E-state index is -0.662. The number of rotatable bonds is 3. The molecule has 2 aromatic rings. The summed E-state index contributed by atoms with van der Waals surface area (Å²) in [6.45, 7) is 0. The Balaban J connectivity index is 2.54. The van der Waals surface area contributed by atoms with Gasteiger partial charge in [0.1, 0.15) is 17.1 Å². The minimum Gasteiger partial charge on any atom is -0.467 e. The average molecular weight is 251 g/mol. The minimum absolute atomic E-state index is 0.0117. The van der Waals surface area contributed by atoms with Crippen LogP contribution in [0.4, 0.5) is 4.39 Å². The first-order valence-electron chi connectivity index (χ1n) is 4.93. The molecule has 0 aliphatic rings. The van der Waals surface area contributed by atoms with Gasteiger partial charge in [-0.1, -0.05) is 0 Å². The molecule has 0 saturated heterocycles. The highest BCUT2D eigenvalue weighted by atomic mass is 19.1. The van der Waals surface area contributed by atoms with E-state index in [0.717, 1.165) is 6.20 Å². The molecule has 0 unspecified atom stereocenters. The van der Waals surface area contributed by atoms with Gasteiger partial charge in [0.25, 0.3) is 5.91 Å². The fourth-order valence-corrected chi connectivity index (χ4v) is 1.44. The van der Waals surface area contributed by atoms with Gasteiger partial charge in [-0.2, -0.15) is 10.1 Å². The summed E-state index contributed by atoms with van der Waals surface area (Å²) in [6.07, 6.45) is 0.972. The smallest absolute Gasteiger partial charge is 0.316 e. The lowest BCUT2D eigenvalue weighted by molar-refractivity contribution is 0.0991. The number of hydrogen-bond acceptors (Lipinski definition) is 5. The zero-order valence-corrected chi connectivity index (χ0v) is 9.72. The molecule has 8 heteroatoms. The second-order valence-corrected chi connectivity index (χ2v) is 3.46. The largest absolute Gasteiger partial charge is 0.467 e. The van der Waals surface area contributed by atoms with Gasteiger partial charge in [0.2, 0.25) is 0 Å². The van der Waals surface area contributed by atoms with Crippen molar-refractivity contribution in [2.24, 2.45) is 12.8 Å². The molecule has 0 radical (unpaired) electrons. The Morgan fingerprint density at radius 1 is 1.56 bits per heavy atom. The summed E-state index contributed by atoms with van der Waals surface area (Å²) in [5.74, 6) is -1.32. The molecular formula is C10H10FN5O2. The molecule has 0 aromatic carbocycles. The van der Waals surface area contributed by atoms with Gasteiger partial charge in [-0.15, -0.1) is 0 Å². The second-order valence-electron chi connectivity index (χ2n) is 3.46. The lowest BCUT2D eigenvalue weighted by Gasteiger charge is -2.00. The van der Waals surface area contributed by atoms with E-state index < -0.39 is 11.7 Å². The van der Waals surface area contributed by atoms with E-state index in [-0.39, 0.29) is 23.1 Å². The van der Waals surface area contributed by atoms with E-state index >= 15 is 0 Å². The van der Waals surface area contributed by atoms with Crippen molar-refractivity contribution in [3.05, 3.63) is 23.8 Å². The predicted molar refractivity (Wildman–Crippen MR) is 59.3 cm³/mol. The molecule has 2 aromatic heterocycles. The Hall–Kier alpha value is -2.51. The van der Waals surface area contributed by atoms with Crippen molar-refractivity contribution in [1.82, 2.24) is 19.7 Å². The molecule has 0 spiro atoms. The van der Waals surface area contributed by atoms with Crippen LogP contribution in [0.3, 0.4) is 0 Å². The number of aromatic nitrogens is 4. The van der Waals surface area contributed by atoms with Crippen LogP contribution in [0.1, 0.15) is 10.5 Å². The third kappa shape index (κ3) is 1.99. The van der Waals surface area contributed by atoms with Gasteiger partial charge >= 0.3 is 6.01 Å². The Morgan fingerprint density at radius 2 is 2.28 bits per heavy atom. The van der Waals surface area contributed by atoms with Crippen molar-refractivity contribution in [1.29, 1.82) is 0 Å². The van der Waals surface area contributed by atoms with Gasteiger partial charge in [0, 0.05) is 7.05 Å². The fraction of sp³-hybridized carbons (Fsp3) is 0.200. The molecular weight excluding hydrogens is 241 g/mol. The lowest BCUT2D eigenvalue weighted by Crippen LogP contribution is -2.15. The maximum Gasteiger partial charge on any atom is 0.316 e. The number of carbonyl (C=O) groups is 1. The number of hydrogen-bond donors (Lipinski definition) is 1. The summed E-state index contributed by atoms with van der Waals surface area (Å²) >= 11 is 0. The van der Waals surface area contributed by atoms with Gasteiger partial charge < -0.3 is 10.5 Å². The summed E-state index contributed by atoms with van der Waals surface area (Å²) in [5, 5.41) is 3.97. The van der Waals surface area contributed by atoms with Crippen LogP contribution in [0, 0.1) is 5.82 Å². The second kappa shape index (κ2) is 4.40. The number of halogens is 1. The Labute approximate surface area is 101 Å². The van der Waals surface area contributed by atoms with Crippen LogP contribution in [0.5, 0.6) is 6.01 Å². The third-order valence-electron chi connectivity index (χ3n) is 2.28. The number of nitrogens with two attached hydrogens (primary N) is 1. The molecule has 2 N–H and O–H groups in total. The molecule has 18 heavy (non-hydrogen) atoms. The number of methoxy groups -OCH3 is 1. The first-order valence-corrected chi connectivity index (χ1v) is 4.93. The topological polar surface area (TPSA) is 95.9 Å². The summed E-state index contributed by atoms with van der Waals surface area (Å²) in [6, 6.07) is 1.37. The van der Waals surface area contributed by atoms with Crippen LogP contribution in [0.15, 0.2) is 12.3 Å². The SMILES string of the molecule is COc1ncc(F)c(-c2cc(C(N)=O)n(C)n2)n1. The van der Waals surface area contributed by atoms with E-state index in [0.29, 0.717) is 0 Å². The molecule has 7 nitrogen and oxygen atoms in total. The zero-order chi connectivity index (χ0) is 13.3. The molecule has 0 aliphatic heterocycles. The van der Waals surface area contributed by atoms with Gasteiger partial charge in [-0.3, -0.25) is 9.48 Å². The van der Waals surface area contributed by atoms with Crippen LogP contribution in [-0.2, 0) is 7.05 Å². The van der Waals surface area contributed by atoms with Crippen molar-refractivity contribution < 1.29 is 13.9 Å². The highest BCUT2D eigenvalue weighted by molar-refractivity contribution is 5.92. The standard InChI is InChI=1S/C10H10FN5O2/c1-16-7(9(12)17)3-6(15-16)8-5(11)4-13-10(14-8)18-2/h3-4H,1-2H3,(H2,12,17). The van der Waals surface area contributed by atoms with Gasteiger partial charge in [-0.05, 0) is 6.07 Å². The molecule has 2 rings (SSSR count). The monoisotopic (exact) mass is 251 g/mol. The Kier molecular flexibility index (Phi) is 2.92. The summed E-state index contributed by atoms with van der Waals surface area (Å²) in [7, 11) is 2.89. The number of carbonyl (C=O) groups excluding carboxylic acids is 1. The van der Waals surface area contributed by atoms with Crippen LogP contribution >= 0.6 is 0 Å². The maximum absolute atomic E-state index is 13.6. The van der Waals surface area contributed by atoms with Crippen LogP contribution < -0.4 is 10.5 Å². The predicted octanol–water partition coefficient (Wildman–Crippen LogP) is 0.124.